The first-order valence-electron chi connectivity index (χ1n) is 6.30. The average molecular weight is 383 g/mol. The van der Waals surface area contributed by atoms with E-state index in [9.17, 15) is 4.79 Å². The molecule has 2 aromatic rings. The highest BCUT2D eigenvalue weighted by molar-refractivity contribution is 9.10. The maximum atomic E-state index is 10.8. The molecule has 22 heavy (non-hydrogen) atoms. The van der Waals surface area contributed by atoms with Crippen LogP contribution in [0, 0.1) is 0 Å². The van der Waals surface area contributed by atoms with Crippen LogP contribution in [0.15, 0.2) is 52.0 Å². The van der Waals surface area contributed by atoms with Crippen LogP contribution in [-0.4, -0.2) is 18.7 Å². The molecule has 0 aliphatic rings. The van der Waals surface area contributed by atoms with Gasteiger partial charge in [0.1, 0.15) is 5.75 Å². The lowest BCUT2D eigenvalue weighted by atomic mass is 10.2. The van der Waals surface area contributed by atoms with E-state index in [1.165, 1.54) is 0 Å². The van der Waals surface area contributed by atoms with Gasteiger partial charge in [-0.3, -0.25) is 10.2 Å². The number of halogens is 2. The molecule has 0 saturated heterocycles. The molecule has 114 valence electrons. The van der Waals surface area contributed by atoms with Crippen molar-refractivity contribution in [2.24, 2.45) is 10.8 Å². The maximum absolute atomic E-state index is 10.8. The number of hydrazone groups is 1. The highest BCUT2D eigenvalue weighted by atomic mass is 79.9. The number of ether oxygens (including phenoxy) is 1. The van der Waals surface area contributed by atoms with E-state index in [-0.39, 0.29) is 6.61 Å². The number of nitrogens with zero attached hydrogens (tertiary/aromatic N) is 1. The summed E-state index contributed by atoms with van der Waals surface area (Å²) in [5.74, 6) is -0.0355. The van der Waals surface area contributed by atoms with E-state index < -0.39 is 5.91 Å². The molecule has 2 rings (SSSR count). The molecule has 1 amide bonds. The Labute approximate surface area is 141 Å². The minimum Gasteiger partial charge on any atom is -0.483 e. The van der Waals surface area contributed by atoms with Crippen molar-refractivity contribution < 1.29 is 9.53 Å². The van der Waals surface area contributed by atoms with Crippen LogP contribution in [0.3, 0.4) is 0 Å². The van der Waals surface area contributed by atoms with E-state index in [0.717, 1.165) is 4.47 Å². The Hall–Kier alpha value is -2.05. The second-order valence-electron chi connectivity index (χ2n) is 4.29. The van der Waals surface area contributed by atoms with E-state index in [0.29, 0.717) is 22.0 Å². The molecule has 0 atom stereocenters. The predicted molar refractivity (Wildman–Crippen MR) is 91.5 cm³/mol. The van der Waals surface area contributed by atoms with Gasteiger partial charge < -0.3 is 10.5 Å². The van der Waals surface area contributed by atoms with Gasteiger partial charge in [0.25, 0.3) is 5.91 Å². The van der Waals surface area contributed by atoms with Crippen LogP contribution in [0.2, 0.25) is 5.02 Å². The molecule has 0 spiro atoms. The fourth-order valence-electron chi connectivity index (χ4n) is 1.62. The fraction of sp³-hybridized carbons (Fsp3) is 0.0667. The highest BCUT2D eigenvalue weighted by Crippen LogP contribution is 2.23. The largest absolute Gasteiger partial charge is 0.483 e. The number of rotatable bonds is 6. The summed E-state index contributed by atoms with van der Waals surface area (Å²) >= 11 is 9.40. The quantitative estimate of drug-likeness (QED) is 0.594. The molecule has 3 N–H and O–H groups in total. The smallest absolute Gasteiger partial charge is 0.255 e. The lowest BCUT2D eigenvalue weighted by molar-refractivity contribution is -0.119. The number of hydrogen-bond acceptors (Lipinski definition) is 4. The predicted octanol–water partition coefficient (Wildman–Crippen LogP) is 3.41. The number of carbonyl (C=O) groups is 1. The molecule has 2 aromatic carbocycles. The normalized spacial score (nSPS) is 10.6. The van der Waals surface area contributed by atoms with Crippen LogP contribution in [-0.2, 0) is 4.79 Å². The summed E-state index contributed by atoms with van der Waals surface area (Å²) in [4.78, 5) is 10.8. The third-order valence-electron chi connectivity index (χ3n) is 2.60. The van der Waals surface area contributed by atoms with Gasteiger partial charge in [-0.2, -0.15) is 5.10 Å². The number of para-hydroxylation sites is 1. The molecule has 0 bridgehead atoms. The zero-order valence-electron chi connectivity index (χ0n) is 11.4. The second-order valence-corrected chi connectivity index (χ2v) is 5.61. The second kappa shape index (κ2) is 7.82. The third kappa shape index (κ3) is 4.75. The number of nitrogens with one attached hydrogen (secondary N) is 1. The summed E-state index contributed by atoms with van der Waals surface area (Å²) in [6.07, 6.45) is 1.57. The molecular formula is C15H13BrClN3O2. The lowest BCUT2D eigenvalue weighted by Crippen LogP contribution is -2.20. The summed E-state index contributed by atoms with van der Waals surface area (Å²) in [5, 5.41) is 4.69. The molecule has 0 saturated carbocycles. The topological polar surface area (TPSA) is 76.7 Å². The number of amides is 1. The Morgan fingerprint density at radius 2 is 2.14 bits per heavy atom. The van der Waals surface area contributed by atoms with Gasteiger partial charge in [0.15, 0.2) is 6.61 Å². The van der Waals surface area contributed by atoms with Crippen molar-refractivity contribution in [3.05, 3.63) is 57.5 Å². The summed E-state index contributed by atoms with van der Waals surface area (Å²) in [6.45, 7) is -0.194. The van der Waals surface area contributed by atoms with Crippen molar-refractivity contribution in [2.75, 3.05) is 12.0 Å². The number of carbonyl (C=O) groups excluding carboxylic acids is 1. The van der Waals surface area contributed by atoms with Crippen molar-refractivity contribution in [1.82, 2.24) is 0 Å². The molecule has 0 aliphatic heterocycles. The van der Waals surface area contributed by atoms with Crippen molar-refractivity contribution >= 4 is 45.3 Å². The van der Waals surface area contributed by atoms with Crippen LogP contribution in [0.5, 0.6) is 5.75 Å². The molecule has 0 radical (unpaired) electrons. The van der Waals surface area contributed by atoms with E-state index in [1.54, 1.807) is 24.4 Å². The SMILES string of the molecule is NC(=O)COc1ccc(Br)cc1/C=N/Nc1ccccc1Cl. The monoisotopic (exact) mass is 381 g/mol. The number of nitrogens with two attached hydrogens (primary N) is 1. The Bertz CT molecular complexity index is 707. The zero-order valence-corrected chi connectivity index (χ0v) is 13.8. The average Bonchev–Trinajstić information content (AvgIpc) is 2.48. The minimum absolute atomic E-state index is 0.194. The first kappa shape index (κ1) is 16.3. The minimum atomic E-state index is -0.542. The first-order valence-corrected chi connectivity index (χ1v) is 7.47. The summed E-state index contributed by atoms with van der Waals surface area (Å²) in [5.41, 5.74) is 9.31. The standard InChI is InChI=1S/C15H13BrClN3O2/c16-11-5-6-14(22-9-15(18)21)10(7-11)8-19-20-13-4-2-1-3-12(13)17/h1-8,20H,9H2,(H2,18,21)/b19-8+. The zero-order chi connectivity index (χ0) is 15.9. The van der Waals surface area contributed by atoms with Gasteiger partial charge in [-0.1, -0.05) is 39.7 Å². The molecule has 7 heteroatoms. The maximum Gasteiger partial charge on any atom is 0.255 e. The number of hydrogen-bond donors (Lipinski definition) is 2. The van der Waals surface area contributed by atoms with E-state index in [2.05, 4.69) is 26.5 Å². The van der Waals surface area contributed by atoms with Gasteiger partial charge >= 0.3 is 0 Å². The van der Waals surface area contributed by atoms with Gasteiger partial charge in [-0.05, 0) is 30.3 Å². The molecule has 0 aromatic heterocycles. The van der Waals surface area contributed by atoms with Crippen molar-refractivity contribution in [1.29, 1.82) is 0 Å². The lowest BCUT2D eigenvalue weighted by Gasteiger charge is -2.08. The van der Waals surface area contributed by atoms with Crippen LogP contribution >= 0.6 is 27.5 Å². The first-order chi connectivity index (χ1) is 10.6. The molecule has 5 nitrogen and oxygen atoms in total. The van der Waals surface area contributed by atoms with Crippen LogP contribution in [0.25, 0.3) is 0 Å². The van der Waals surface area contributed by atoms with Crippen LogP contribution in [0.4, 0.5) is 5.69 Å². The van der Waals surface area contributed by atoms with Crippen LogP contribution in [0.1, 0.15) is 5.56 Å². The van der Waals surface area contributed by atoms with Gasteiger partial charge in [-0.25, -0.2) is 0 Å². The summed E-state index contributed by atoms with van der Waals surface area (Å²) < 4.78 is 6.20. The highest BCUT2D eigenvalue weighted by Gasteiger charge is 2.04. The molecular weight excluding hydrogens is 370 g/mol. The number of primary amides is 1. The Balaban J connectivity index is 2.13. The summed E-state index contributed by atoms with van der Waals surface area (Å²) in [7, 11) is 0. The number of anilines is 1. The van der Waals surface area contributed by atoms with Gasteiger partial charge in [-0.15, -0.1) is 0 Å². The Morgan fingerprint density at radius 3 is 2.86 bits per heavy atom. The Morgan fingerprint density at radius 1 is 1.36 bits per heavy atom. The van der Waals surface area contributed by atoms with Gasteiger partial charge in [0.05, 0.1) is 16.9 Å². The summed E-state index contributed by atoms with van der Waals surface area (Å²) in [6, 6.07) is 12.6. The number of benzene rings is 2. The fourth-order valence-corrected chi connectivity index (χ4v) is 2.18. The molecule has 0 fully saturated rings. The van der Waals surface area contributed by atoms with Crippen molar-refractivity contribution in [3.63, 3.8) is 0 Å². The third-order valence-corrected chi connectivity index (χ3v) is 3.43. The molecule has 0 unspecified atom stereocenters. The van der Waals surface area contributed by atoms with E-state index >= 15 is 0 Å². The van der Waals surface area contributed by atoms with Crippen LogP contribution < -0.4 is 15.9 Å². The van der Waals surface area contributed by atoms with E-state index in [1.807, 2.05) is 24.3 Å². The van der Waals surface area contributed by atoms with Crippen molar-refractivity contribution in [2.45, 2.75) is 0 Å². The Kier molecular flexibility index (Phi) is 5.80. The van der Waals surface area contributed by atoms with Crippen molar-refractivity contribution in [3.8, 4) is 5.75 Å². The van der Waals surface area contributed by atoms with Gasteiger partial charge in [0.2, 0.25) is 0 Å². The van der Waals surface area contributed by atoms with E-state index in [4.69, 9.17) is 22.1 Å². The molecule has 0 aliphatic carbocycles. The van der Waals surface area contributed by atoms with Gasteiger partial charge in [0, 0.05) is 10.0 Å². The molecule has 0 heterocycles.